The minimum atomic E-state index is -0.245. The molecule has 3 rings (SSSR count). The fraction of sp³-hybridized carbons (Fsp3) is 0.222. The van der Waals surface area contributed by atoms with Crippen LogP contribution in [0.15, 0.2) is 55.0 Å². The lowest BCUT2D eigenvalue weighted by Gasteiger charge is -2.14. The van der Waals surface area contributed by atoms with Crippen molar-refractivity contribution in [2.75, 3.05) is 0 Å². The first-order valence-corrected chi connectivity index (χ1v) is 7.58. The Morgan fingerprint density at radius 1 is 1.17 bits per heavy atom. The van der Waals surface area contributed by atoms with Crippen LogP contribution >= 0.6 is 0 Å². The number of nitrogens with one attached hydrogen (secondary N) is 1. The Morgan fingerprint density at radius 3 is 2.65 bits per heavy atom. The van der Waals surface area contributed by atoms with Gasteiger partial charge in [-0.25, -0.2) is 9.07 Å². The number of halogens is 1. The molecule has 0 saturated carbocycles. The van der Waals surface area contributed by atoms with Gasteiger partial charge >= 0.3 is 0 Å². The second-order valence-electron chi connectivity index (χ2n) is 5.54. The van der Waals surface area contributed by atoms with Crippen LogP contribution in [-0.2, 0) is 6.54 Å². The van der Waals surface area contributed by atoms with Gasteiger partial charge in [0.1, 0.15) is 5.82 Å². The van der Waals surface area contributed by atoms with E-state index in [1.165, 1.54) is 12.1 Å². The highest BCUT2D eigenvalue weighted by Crippen LogP contribution is 2.20. The average Bonchev–Trinajstić information content (AvgIpc) is 2.96. The molecule has 0 fully saturated rings. The standard InChI is InChI=1S/C18H19FN4/c1-13(21-11-15-4-3-9-20-10-15)18-12-22-23(14(18)2)17-7-5-16(19)6-8-17/h3-10,12-13,21H,11H2,1-2H3/t13-/m1/s1. The highest BCUT2D eigenvalue weighted by molar-refractivity contribution is 5.35. The summed E-state index contributed by atoms with van der Waals surface area (Å²) in [5, 5.41) is 7.91. The highest BCUT2D eigenvalue weighted by atomic mass is 19.1. The molecular weight excluding hydrogens is 291 g/mol. The lowest BCUT2D eigenvalue weighted by atomic mass is 10.1. The number of hydrogen-bond donors (Lipinski definition) is 1. The van der Waals surface area contributed by atoms with Crippen molar-refractivity contribution in [3.63, 3.8) is 0 Å². The third kappa shape index (κ3) is 3.46. The van der Waals surface area contributed by atoms with Crippen LogP contribution in [0.2, 0.25) is 0 Å². The molecule has 0 aliphatic rings. The van der Waals surface area contributed by atoms with E-state index in [1.54, 1.807) is 18.3 Å². The second-order valence-corrected chi connectivity index (χ2v) is 5.54. The summed E-state index contributed by atoms with van der Waals surface area (Å²) in [4.78, 5) is 4.12. The van der Waals surface area contributed by atoms with Crippen LogP contribution in [0.5, 0.6) is 0 Å². The van der Waals surface area contributed by atoms with Gasteiger partial charge in [-0.1, -0.05) is 6.07 Å². The van der Waals surface area contributed by atoms with Gasteiger partial charge in [0, 0.05) is 36.2 Å². The monoisotopic (exact) mass is 310 g/mol. The molecule has 0 amide bonds. The smallest absolute Gasteiger partial charge is 0.123 e. The maximum Gasteiger partial charge on any atom is 0.123 e. The van der Waals surface area contributed by atoms with Crippen molar-refractivity contribution in [1.82, 2.24) is 20.1 Å². The summed E-state index contributed by atoms with van der Waals surface area (Å²) < 4.78 is 14.9. The predicted molar refractivity (Wildman–Crippen MR) is 87.8 cm³/mol. The molecule has 4 nitrogen and oxygen atoms in total. The Labute approximate surface area is 135 Å². The molecule has 0 radical (unpaired) electrons. The summed E-state index contributed by atoms with van der Waals surface area (Å²) in [5.41, 5.74) is 4.17. The maximum atomic E-state index is 13.1. The Hall–Kier alpha value is -2.53. The zero-order valence-electron chi connectivity index (χ0n) is 13.2. The SMILES string of the molecule is Cc1c([C@@H](C)NCc2cccnc2)cnn1-c1ccc(F)cc1. The number of nitrogens with zero attached hydrogens (tertiary/aromatic N) is 3. The first-order valence-electron chi connectivity index (χ1n) is 7.58. The number of rotatable bonds is 5. The van der Waals surface area contributed by atoms with Crippen molar-refractivity contribution >= 4 is 0 Å². The third-order valence-electron chi connectivity index (χ3n) is 3.92. The molecule has 2 aromatic heterocycles. The largest absolute Gasteiger partial charge is 0.306 e. The molecule has 0 aliphatic heterocycles. The number of hydrogen-bond acceptors (Lipinski definition) is 3. The van der Waals surface area contributed by atoms with Gasteiger partial charge in [0.05, 0.1) is 11.9 Å². The molecular formula is C18H19FN4. The van der Waals surface area contributed by atoms with Gasteiger partial charge in [-0.3, -0.25) is 4.98 Å². The first-order chi connectivity index (χ1) is 11.1. The van der Waals surface area contributed by atoms with Crippen molar-refractivity contribution in [2.24, 2.45) is 0 Å². The number of pyridine rings is 1. The van der Waals surface area contributed by atoms with E-state index in [-0.39, 0.29) is 11.9 Å². The molecule has 5 heteroatoms. The zero-order chi connectivity index (χ0) is 16.2. The Morgan fingerprint density at radius 2 is 1.96 bits per heavy atom. The molecule has 0 saturated heterocycles. The fourth-order valence-electron chi connectivity index (χ4n) is 2.57. The number of benzene rings is 1. The van der Waals surface area contributed by atoms with E-state index in [0.29, 0.717) is 0 Å². The van der Waals surface area contributed by atoms with Gasteiger partial charge in [0.15, 0.2) is 0 Å². The molecule has 0 unspecified atom stereocenters. The van der Waals surface area contributed by atoms with Crippen molar-refractivity contribution in [3.05, 3.63) is 77.6 Å². The molecule has 1 N–H and O–H groups in total. The van der Waals surface area contributed by atoms with Crippen molar-refractivity contribution < 1.29 is 4.39 Å². The van der Waals surface area contributed by atoms with Crippen molar-refractivity contribution in [3.8, 4) is 5.69 Å². The molecule has 3 aromatic rings. The Kier molecular flexibility index (Phi) is 4.48. The summed E-state index contributed by atoms with van der Waals surface area (Å²) in [7, 11) is 0. The van der Waals surface area contributed by atoms with Crippen LogP contribution in [0.25, 0.3) is 5.69 Å². The van der Waals surface area contributed by atoms with E-state index in [2.05, 4.69) is 22.3 Å². The van der Waals surface area contributed by atoms with Crippen molar-refractivity contribution in [1.29, 1.82) is 0 Å². The van der Waals surface area contributed by atoms with Gasteiger partial charge in [-0.15, -0.1) is 0 Å². The normalized spacial score (nSPS) is 12.3. The van der Waals surface area contributed by atoms with Crippen LogP contribution in [0, 0.1) is 12.7 Å². The molecule has 118 valence electrons. The third-order valence-corrected chi connectivity index (χ3v) is 3.92. The van der Waals surface area contributed by atoms with Gasteiger partial charge in [-0.2, -0.15) is 5.10 Å². The second kappa shape index (κ2) is 6.71. The lowest BCUT2D eigenvalue weighted by Crippen LogP contribution is -2.18. The minimum Gasteiger partial charge on any atom is -0.306 e. The molecule has 23 heavy (non-hydrogen) atoms. The van der Waals surface area contributed by atoms with E-state index in [0.717, 1.165) is 29.1 Å². The van der Waals surface area contributed by atoms with E-state index in [1.807, 2.05) is 36.1 Å². The van der Waals surface area contributed by atoms with Gasteiger partial charge in [0.25, 0.3) is 0 Å². The highest BCUT2D eigenvalue weighted by Gasteiger charge is 2.14. The summed E-state index contributed by atoms with van der Waals surface area (Å²) in [6.45, 7) is 4.87. The van der Waals surface area contributed by atoms with Gasteiger partial charge < -0.3 is 5.32 Å². The van der Waals surface area contributed by atoms with E-state index in [9.17, 15) is 4.39 Å². The van der Waals surface area contributed by atoms with E-state index >= 15 is 0 Å². The summed E-state index contributed by atoms with van der Waals surface area (Å²) in [6.07, 6.45) is 5.48. The number of aromatic nitrogens is 3. The van der Waals surface area contributed by atoms with Crippen LogP contribution in [-0.4, -0.2) is 14.8 Å². The maximum absolute atomic E-state index is 13.1. The van der Waals surface area contributed by atoms with Crippen LogP contribution in [0.3, 0.4) is 0 Å². The molecule has 1 aromatic carbocycles. The minimum absolute atomic E-state index is 0.157. The summed E-state index contributed by atoms with van der Waals surface area (Å²) in [6, 6.07) is 10.5. The van der Waals surface area contributed by atoms with Crippen molar-refractivity contribution in [2.45, 2.75) is 26.4 Å². The average molecular weight is 310 g/mol. The van der Waals surface area contributed by atoms with Gasteiger partial charge in [0.2, 0.25) is 0 Å². The van der Waals surface area contributed by atoms with Crippen LogP contribution in [0.4, 0.5) is 4.39 Å². The molecule has 0 bridgehead atoms. The molecule has 2 heterocycles. The molecule has 0 aliphatic carbocycles. The Bertz CT molecular complexity index is 765. The summed E-state index contributed by atoms with van der Waals surface area (Å²) in [5.74, 6) is -0.245. The van der Waals surface area contributed by atoms with E-state index < -0.39 is 0 Å². The first kappa shape index (κ1) is 15.4. The van der Waals surface area contributed by atoms with Crippen LogP contribution < -0.4 is 5.32 Å². The zero-order valence-corrected chi connectivity index (χ0v) is 13.2. The predicted octanol–water partition coefficient (Wildman–Crippen LogP) is 3.57. The van der Waals surface area contributed by atoms with Gasteiger partial charge in [-0.05, 0) is 49.7 Å². The van der Waals surface area contributed by atoms with Crippen LogP contribution in [0.1, 0.15) is 29.8 Å². The molecule has 0 spiro atoms. The molecule has 1 atom stereocenters. The Balaban J connectivity index is 1.74. The summed E-state index contributed by atoms with van der Waals surface area (Å²) >= 11 is 0. The van der Waals surface area contributed by atoms with E-state index in [4.69, 9.17) is 0 Å². The fourth-order valence-corrected chi connectivity index (χ4v) is 2.57. The quantitative estimate of drug-likeness (QED) is 0.783. The topological polar surface area (TPSA) is 42.7 Å². The lowest BCUT2D eigenvalue weighted by molar-refractivity contribution is 0.571.